The van der Waals surface area contributed by atoms with Crippen LogP contribution in [0.1, 0.15) is 37.9 Å². The highest BCUT2D eigenvalue weighted by atomic mass is 35.5. The van der Waals surface area contributed by atoms with E-state index in [-0.39, 0.29) is 0 Å². The van der Waals surface area contributed by atoms with Gasteiger partial charge in [-0.3, -0.25) is 0 Å². The van der Waals surface area contributed by atoms with Crippen LogP contribution >= 0.6 is 11.6 Å². The molecule has 0 spiro atoms. The number of halogens is 1. The van der Waals surface area contributed by atoms with E-state index in [2.05, 4.69) is 5.32 Å². The van der Waals surface area contributed by atoms with Crippen molar-refractivity contribution in [3.63, 3.8) is 0 Å². The molecule has 0 radical (unpaired) electrons. The fourth-order valence-corrected chi connectivity index (χ4v) is 2.16. The summed E-state index contributed by atoms with van der Waals surface area (Å²) in [6, 6.07) is 4.39. The standard InChI is InChI=1S/C11H16ClNO/c12-11-7-6-10(14-11)8-13-9-4-2-1-3-5-9/h6-7,9,13H,1-5,8H2. The van der Waals surface area contributed by atoms with Crippen molar-refractivity contribution in [2.45, 2.75) is 44.7 Å². The molecule has 0 bridgehead atoms. The van der Waals surface area contributed by atoms with E-state index in [4.69, 9.17) is 16.0 Å². The third kappa shape index (κ3) is 2.76. The Labute approximate surface area is 89.6 Å². The lowest BCUT2D eigenvalue weighted by Gasteiger charge is -2.22. The highest BCUT2D eigenvalue weighted by Gasteiger charge is 2.12. The minimum Gasteiger partial charge on any atom is -0.448 e. The number of rotatable bonds is 3. The molecule has 1 aliphatic carbocycles. The molecule has 0 atom stereocenters. The first kappa shape index (κ1) is 10.1. The molecule has 1 aromatic rings. The van der Waals surface area contributed by atoms with Crippen LogP contribution in [0.2, 0.25) is 5.22 Å². The van der Waals surface area contributed by atoms with Gasteiger partial charge in [-0.2, -0.15) is 0 Å². The molecule has 1 N–H and O–H groups in total. The molecule has 0 amide bonds. The Morgan fingerprint density at radius 2 is 2.07 bits per heavy atom. The van der Waals surface area contributed by atoms with Gasteiger partial charge in [0.1, 0.15) is 5.76 Å². The molecule has 78 valence electrons. The Morgan fingerprint density at radius 3 is 2.71 bits per heavy atom. The molecule has 1 aliphatic rings. The Balaban J connectivity index is 1.76. The molecule has 14 heavy (non-hydrogen) atoms. The summed E-state index contributed by atoms with van der Waals surface area (Å²) in [4.78, 5) is 0. The number of hydrogen-bond donors (Lipinski definition) is 1. The molecular formula is C11H16ClNO. The van der Waals surface area contributed by atoms with Crippen LogP contribution in [0.25, 0.3) is 0 Å². The van der Waals surface area contributed by atoms with E-state index in [0.717, 1.165) is 12.3 Å². The van der Waals surface area contributed by atoms with Gasteiger partial charge in [0, 0.05) is 6.04 Å². The molecule has 0 unspecified atom stereocenters. The third-order valence-corrected chi connectivity index (χ3v) is 3.00. The molecular weight excluding hydrogens is 198 g/mol. The summed E-state index contributed by atoms with van der Waals surface area (Å²) < 4.78 is 5.28. The largest absolute Gasteiger partial charge is 0.448 e. The zero-order valence-electron chi connectivity index (χ0n) is 8.26. The van der Waals surface area contributed by atoms with Gasteiger partial charge in [0.2, 0.25) is 0 Å². The first-order valence-electron chi connectivity index (χ1n) is 5.32. The van der Waals surface area contributed by atoms with Crippen molar-refractivity contribution in [1.82, 2.24) is 5.32 Å². The average Bonchev–Trinajstić information content (AvgIpc) is 2.63. The van der Waals surface area contributed by atoms with Gasteiger partial charge in [-0.15, -0.1) is 0 Å². The summed E-state index contributed by atoms with van der Waals surface area (Å²) >= 11 is 5.69. The molecule has 1 fully saturated rings. The van der Waals surface area contributed by atoms with Crippen molar-refractivity contribution in [2.75, 3.05) is 0 Å². The van der Waals surface area contributed by atoms with Crippen LogP contribution in [0.4, 0.5) is 0 Å². The number of furan rings is 1. The second-order valence-corrected chi connectivity index (χ2v) is 4.29. The van der Waals surface area contributed by atoms with Gasteiger partial charge in [-0.25, -0.2) is 0 Å². The molecule has 2 nitrogen and oxygen atoms in total. The highest BCUT2D eigenvalue weighted by Crippen LogP contribution is 2.18. The van der Waals surface area contributed by atoms with E-state index in [9.17, 15) is 0 Å². The minimum absolute atomic E-state index is 0.477. The van der Waals surface area contributed by atoms with Gasteiger partial charge < -0.3 is 9.73 Å². The molecule has 1 aromatic heterocycles. The number of nitrogens with one attached hydrogen (secondary N) is 1. The Morgan fingerprint density at radius 1 is 1.29 bits per heavy atom. The van der Waals surface area contributed by atoms with Crippen LogP contribution in [0.5, 0.6) is 0 Å². The van der Waals surface area contributed by atoms with Crippen LogP contribution in [-0.2, 0) is 6.54 Å². The van der Waals surface area contributed by atoms with Gasteiger partial charge >= 0.3 is 0 Å². The lowest BCUT2D eigenvalue weighted by atomic mass is 9.95. The molecule has 2 rings (SSSR count). The smallest absolute Gasteiger partial charge is 0.193 e. The number of hydrogen-bond acceptors (Lipinski definition) is 2. The van der Waals surface area contributed by atoms with Crippen molar-refractivity contribution in [3.05, 3.63) is 23.1 Å². The summed E-state index contributed by atoms with van der Waals surface area (Å²) in [5.41, 5.74) is 0. The van der Waals surface area contributed by atoms with Crippen LogP contribution in [0.15, 0.2) is 16.5 Å². The molecule has 0 aromatic carbocycles. The van der Waals surface area contributed by atoms with Crippen molar-refractivity contribution in [2.24, 2.45) is 0 Å². The monoisotopic (exact) mass is 213 g/mol. The molecule has 0 saturated heterocycles. The first-order valence-corrected chi connectivity index (χ1v) is 5.70. The molecule has 1 heterocycles. The van der Waals surface area contributed by atoms with Crippen LogP contribution < -0.4 is 5.32 Å². The summed E-state index contributed by atoms with van der Waals surface area (Å²) in [6.07, 6.45) is 6.71. The SMILES string of the molecule is Clc1ccc(CNC2CCCCC2)o1. The van der Waals surface area contributed by atoms with Gasteiger partial charge in [0.15, 0.2) is 5.22 Å². The normalized spacial score (nSPS) is 18.6. The Hall–Kier alpha value is -0.470. The summed E-state index contributed by atoms with van der Waals surface area (Å²) in [6.45, 7) is 0.803. The predicted molar refractivity (Wildman–Crippen MR) is 57.4 cm³/mol. The lowest BCUT2D eigenvalue weighted by molar-refractivity contribution is 0.357. The minimum atomic E-state index is 0.477. The summed E-state index contributed by atoms with van der Waals surface area (Å²) in [7, 11) is 0. The van der Waals surface area contributed by atoms with Crippen LogP contribution in [0.3, 0.4) is 0 Å². The quantitative estimate of drug-likeness (QED) is 0.833. The predicted octanol–water partition coefficient (Wildman–Crippen LogP) is 3.36. The van der Waals surface area contributed by atoms with Gasteiger partial charge in [-0.05, 0) is 36.6 Å². The third-order valence-electron chi connectivity index (χ3n) is 2.80. The maximum Gasteiger partial charge on any atom is 0.193 e. The summed E-state index contributed by atoms with van der Waals surface area (Å²) in [5, 5.41) is 3.98. The zero-order valence-corrected chi connectivity index (χ0v) is 9.02. The van der Waals surface area contributed by atoms with Crippen LogP contribution in [0, 0.1) is 0 Å². The van der Waals surface area contributed by atoms with Gasteiger partial charge in [0.05, 0.1) is 6.54 Å². The topological polar surface area (TPSA) is 25.2 Å². The van der Waals surface area contributed by atoms with Gasteiger partial charge in [-0.1, -0.05) is 19.3 Å². The highest BCUT2D eigenvalue weighted by molar-refractivity contribution is 6.28. The van der Waals surface area contributed by atoms with E-state index in [1.807, 2.05) is 6.07 Å². The Bertz CT molecular complexity index is 279. The van der Waals surface area contributed by atoms with Crippen LogP contribution in [-0.4, -0.2) is 6.04 Å². The first-order chi connectivity index (χ1) is 6.84. The van der Waals surface area contributed by atoms with E-state index < -0.39 is 0 Å². The maximum atomic E-state index is 5.69. The zero-order chi connectivity index (χ0) is 9.80. The van der Waals surface area contributed by atoms with E-state index >= 15 is 0 Å². The van der Waals surface area contributed by atoms with E-state index in [1.165, 1.54) is 32.1 Å². The maximum absolute atomic E-state index is 5.69. The van der Waals surface area contributed by atoms with Crippen molar-refractivity contribution >= 4 is 11.6 Å². The Kier molecular flexibility index (Phi) is 3.49. The van der Waals surface area contributed by atoms with Crippen molar-refractivity contribution in [3.8, 4) is 0 Å². The molecule has 1 saturated carbocycles. The fraction of sp³-hybridized carbons (Fsp3) is 0.636. The van der Waals surface area contributed by atoms with E-state index in [1.54, 1.807) is 6.07 Å². The second kappa shape index (κ2) is 4.85. The average molecular weight is 214 g/mol. The lowest BCUT2D eigenvalue weighted by Crippen LogP contribution is -2.30. The van der Waals surface area contributed by atoms with E-state index in [0.29, 0.717) is 11.3 Å². The van der Waals surface area contributed by atoms with Crippen molar-refractivity contribution < 1.29 is 4.42 Å². The van der Waals surface area contributed by atoms with Gasteiger partial charge in [0.25, 0.3) is 0 Å². The summed E-state index contributed by atoms with van der Waals surface area (Å²) in [5.74, 6) is 0.931. The molecule has 0 aliphatic heterocycles. The fourth-order valence-electron chi connectivity index (χ4n) is 2.00. The second-order valence-electron chi connectivity index (χ2n) is 3.92. The van der Waals surface area contributed by atoms with Crippen molar-refractivity contribution in [1.29, 1.82) is 0 Å². The molecule has 3 heteroatoms.